The summed E-state index contributed by atoms with van der Waals surface area (Å²) in [6.07, 6.45) is 1.88. The van der Waals surface area contributed by atoms with Crippen molar-refractivity contribution < 1.29 is 5.11 Å². The van der Waals surface area contributed by atoms with Crippen molar-refractivity contribution in [2.45, 2.75) is 18.9 Å². The van der Waals surface area contributed by atoms with Crippen molar-refractivity contribution in [3.05, 3.63) is 64.6 Å². The van der Waals surface area contributed by atoms with Crippen LogP contribution in [0.3, 0.4) is 0 Å². The number of aliphatic hydroxyl groups is 1. The van der Waals surface area contributed by atoms with E-state index in [-0.39, 0.29) is 12.6 Å². The van der Waals surface area contributed by atoms with Gasteiger partial charge in [0.25, 0.3) is 0 Å². The van der Waals surface area contributed by atoms with E-state index in [1.165, 1.54) is 5.56 Å². The Morgan fingerprint density at radius 1 is 1.05 bits per heavy atom. The minimum atomic E-state index is 0.0782. The molecule has 2 aromatic carbocycles. The maximum atomic E-state index is 9.46. The van der Waals surface area contributed by atoms with Crippen molar-refractivity contribution in [2.24, 2.45) is 0 Å². The third kappa shape index (κ3) is 4.69. The van der Waals surface area contributed by atoms with E-state index in [0.717, 1.165) is 23.0 Å². The van der Waals surface area contributed by atoms with Crippen LogP contribution in [0.2, 0.25) is 0 Å². The predicted molar refractivity (Wildman–Crippen MR) is 83.4 cm³/mol. The lowest BCUT2D eigenvalue weighted by Gasteiger charge is -2.17. The van der Waals surface area contributed by atoms with Gasteiger partial charge in [0.2, 0.25) is 0 Å². The van der Waals surface area contributed by atoms with E-state index >= 15 is 0 Å². The van der Waals surface area contributed by atoms with E-state index in [2.05, 4.69) is 33.4 Å². The van der Waals surface area contributed by atoms with Crippen LogP contribution in [0.1, 0.15) is 12.0 Å². The van der Waals surface area contributed by atoms with Crippen LogP contribution in [-0.2, 0) is 6.42 Å². The highest BCUT2D eigenvalue weighted by molar-refractivity contribution is 9.10. The third-order valence-electron chi connectivity index (χ3n) is 3.04. The van der Waals surface area contributed by atoms with E-state index in [0.29, 0.717) is 0 Å². The van der Waals surface area contributed by atoms with Gasteiger partial charge in [0.15, 0.2) is 0 Å². The number of benzene rings is 2. The Bertz CT molecular complexity index is 501. The normalized spacial score (nSPS) is 12.1. The molecular weight excluding hydrogens is 302 g/mol. The van der Waals surface area contributed by atoms with Crippen LogP contribution in [0.25, 0.3) is 0 Å². The summed E-state index contributed by atoms with van der Waals surface area (Å²) < 4.78 is 1.04. The number of halogens is 1. The second-order valence-electron chi connectivity index (χ2n) is 4.56. The van der Waals surface area contributed by atoms with Crippen LogP contribution in [0.4, 0.5) is 5.69 Å². The molecule has 100 valence electrons. The Kier molecular flexibility index (Phi) is 5.43. The largest absolute Gasteiger partial charge is 0.394 e. The molecule has 2 nitrogen and oxygen atoms in total. The quantitative estimate of drug-likeness (QED) is 0.847. The maximum Gasteiger partial charge on any atom is 0.0632 e. The first-order valence-electron chi connectivity index (χ1n) is 6.45. The Balaban J connectivity index is 1.90. The molecule has 2 N–H and O–H groups in total. The fourth-order valence-corrected chi connectivity index (χ4v) is 2.41. The van der Waals surface area contributed by atoms with Gasteiger partial charge in [-0.3, -0.25) is 0 Å². The van der Waals surface area contributed by atoms with E-state index in [9.17, 15) is 5.11 Å². The minimum Gasteiger partial charge on any atom is -0.394 e. The molecule has 0 fully saturated rings. The number of hydrogen-bond acceptors (Lipinski definition) is 2. The zero-order valence-electron chi connectivity index (χ0n) is 10.7. The van der Waals surface area contributed by atoms with E-state index in [1.54, 1.807) is 0 Å². The van der Waals surface area contributed by atoms with Gasteiger partial charge in [-0.05, 0) is 36.6 Å². The molecule has 1 atom stereocenters. The lowest BCUT2D eigenvalue weighted by atomic mass is 10.1. The molecule has 0 aliphatic rings. The SMILES string of the molecule is OCC(CCc1ccccc1)Nc1cccc(Br)c1. The lowest BCUT2D eigenvalue weighted by molar-refractivity contribution is 0.269. The summed E-state index contributed by atoms with van der Waals surface area (Å²) in [5.74, 6) is 0. The molecule has 2 rings (SSSR count). The summed E-state index contributed by atoms with van der Waals surface area (Å²) in [7, 11) is 0. The third-order valence-corrected chi connectivity index (χ3v) is 3.53. The number of hydrogen-bond donors (Lipinski definition) is 2. The van der Waals surface area contributed by atoms with Crippen LogP contribution in [0.15, 0.2) is 59.1 Å². The number of aryl methyl sites for hydroxylation is 1. The molecule has 0 aromatic heterocycles. The Morgan fingerprint density at radius 3 is 2.53 bits per heavy atom. The van der Waals surface area contributed by atoms with Crippen molar-refractivity contribution in [1.82, 2.24) is 0 Å². The predicted octanol–water partition coefficient (Wildman–Crippen LogP) is 3.85. The topological polar surface area (TPSA) is 32.3 Å². The summed E-state index contributed by atoms with van der Waals surface area (Å²) >= 11 is 3.45. The van der Waals surface area contributed by atoms with Gasteiger partial charge in [0.05, 0.1) is 6.61 Å². The molecule has 0 saturated heterocycles. The number of nitrogens with one attached hydrogen (secondary N) is 1. The molecule has 0 aliphatic heterocycles. The van der Waals surface area contributed by atoms with Crippen molar-refractivity contribution in [3.63, 3.8) is 0 Å². The fourth-order valence-electron chi connectivity index (χ4n) is 2.01. The average Bonchev–Trinajstić information content (AvgIpc) is 2.44. The zero-order valence-corrected chi connectivity index (χ0v) is 12.3. The summed E-state index contributed by atoms with van der Waals surface area (Å²) in [5.41, 5.74) is 2.33. The van der Waals surface area contributed by atoms with Crippen molar-refractivity contribution in [1.29, 1.82) is 0 Å². The van der Waals surface area contributed by atoms with Crippen molar-refractivity contribution in [3.8, 4) is 0 Å². The second-order valence-corrected chi connectivity index (χ2v) is 5.47. The molecule has 0 bridgehead atoms. The molecule has 0 aliphatic carbocycles. The number of rotatable bonds is 6. The van der Waals surface area contributed by atoms with Crippen LogP contribution in [0.5, 0.6) is 0 Å². The van der Waals surface area contributed by atoms with Gasteiger partial charge < -0.3 is 10.4 Å². The van der Waals surface area contributed by atoms with Crippen LogP contribution in [-0.4, -0.2) is 17.8 Å². The zero-order chi connectivity index (χ0) is 13.5. The first-order chi connectivity index (χ1) is 9.28. The molecule has 0 saturated carbocycles. The van der Waals surface area contributed by atoms with Crippen LogP contribution in [0, 0.1) is 0 Å². The first-order valence-corrected chi connectivity index (χ1v) is 7.24. The van der Waals surface area contributed by atoms with Gasteiger partial charge in [0.1, 0.15) is 0 Å². The molecule has 0 spiro atoms. The van der Waals surface area contributed by atoms with Gasteiger partial charge in [0, 0.05) is 16.2 Å². The van der Waals surface area contributed by atoms with Crippen LogP contribution >= 0.6 is 15.9 Å². The summed E-state index contributed by atoms with van der Waals surface area (Å²) in [6.45, 7) is 0.138. The molecule has 0 radical (unpaired) electrons. The number of anilines is 1. The highest BCUT2D eigenvalue weighted by atomic mass is 79.9. The maximum absolute atomic E-state index is 9.46. The monoisotopic (exact) mass is 319 g/mol. The van der Waals surface area contributed by atoms with Gasteiger partial charge in [-0.1, -0.05) is 52.3 Å². The molecule has 3 heteroatoms. The standard InChI is InChI=1S/C16H18BrNO/c17-14-7-4-8-15(11-14)18-16(12-19)10-9-13-5-2-1-3-6-13/h1-8,11,16,18-19H,9-10,12H2. The number of aliphatic hydroxyl groups excluding tert-OH is 1. The molecule has 0 heterocycles. The smallest absolute Gasteiger partial charge is 0.0632 e. The van der Waals surface area contributed by atoms with Gasteiger partial charge in [-0.25, -0.2) is 0 Å². The molecule has 0 amide bonds. The van der Waals surface area contributed by atoms with E-state index in [1.807, 2.05) is 42.5 Å². The van der Waals surface area contributed by atoms with E-state index in [4.69, 9.17) is 0 Å². The van der Waals surface area contributed by atoms with Gasteiger partial charge >= 0.3 is 0 Å². The summed E-state index contributed by atoms with van der Waals surface area (Å²) in [5, 5.41) is 12.8. The summed E-state index contributed by atoms with van der Waals surface area (Å²) in [6, 6.07) is 18.4. The minimum absolute atomic E-state index is 0.0782. The van der Waals surface area contributed by atoms with Crippen LogP contribution < -0.4 is 5.32 Å². The molecule has 1 unspecified atom stereocenters. The van der Waals surface area contributed by atoms with Gasteiger partial charge in [-0.15, -0.1) is 0 Å². The second kappa shape index (κ2) is 7.31. The van der Waals surface area contributed by atoms with Gasteiger partial charge in [-0.2, -0.15) is 0 Å². The van der Waals surface area contributed by atoms with E-state index < -0.39 is 0 Å². The first kappa shape index (κ1) is 14.1. The highest BCUT2D eigenvalue weighted by Crippen LogP contribution is 2.17. The highest BCUT2D eigenvalue weighted by Gasteiger charge is 2.07. The van der Waals surface area contributed by atoms with Crippen molar-refractivity contribution in [2.75, 3.05) is 11.9 Å². The molecule has 19 heavy (non-hydrogen) atoms. The lowest BCUT2D eigenvalue weighted by Crippen LogP contribution is -2.24. The fraction of sp³-hybridized carbons (Fsp3) is 0.250. The summed E-state index contributed by atoms with van der Waals surface area (Å²) in [4.78, 5) is 0. The average molecular weight is 320 g/mol. The molecule has 2 aromatic rings. The Labute approximate surface area is 122 Å². The molecular formula is C16H18BrNO. The van der Waals surface area contributed by atoms with Crippen molar-refractivity contribution >= 4 is 21.6 Å². The Hall–Kier alpha value is -1.32. The Morgan fingerprint density at radius 2 is 1.84 bits per heavy atom.